The molecule has 1 spiro atoms. The number of aryl methyl sites for hydroxylation is 1. The fourth-order valence-corrected chi connectivity index (χ4v) is 8.08. The van der Waals surface area contributed by atoms with Crippen molar-refractivity contribution in [2.75, 3.05) is 18.9 Å². The number of anilines is 1. The Balaban J connectivity index is 1.17. The van der Waals surface area contributed by atoms with Crippen LogP contribution in [0.1, 0.15) is 62.5 Å². The van der Waals surface area contributed by atoms with Crippen molar-refractivity contribution < 1.29 is 23.9 Å². The topological polar surface area (TPSA) is 105 Å². The lowest BCUT2D eigenvalue weighted by atomic mass is 9.48. The van der Waals surface area contributed by atoms with Crippen molar-refractivity contribution in [3.8, 4) is 0 Å². The smallest absolute Gasteiger partial charge is 0.418 e. The molecule has 1 heterocycles. The zero-order valence-corrected chi connectivity index (χ0v) is 19.5. The van der Waals surface area contributed by atoms with E-state index < -0.39 is 17.6 Å². The van der Waals surface area contributed by atoms with E-state index >= 15 is 0 Å². The average molecular weight is 466 g/mol. The molecule has 1 saturated heterocycles. The predicted octanol–water partition coefficient (Wildman–Crippen LogP) is 3.73. The predicted molar refractivity (Wildman–Crippen MR) is 123 cm³/mol. The number of fused-ring (bicyclic) bond motifs is 2. The zero-order valence-electron chi connectivity index (χ0n) is 19.5. The van der Waals surface area contributed by atoms with Crippen molar-refractivity contribution in [2.24, 2.45) is 23.2 Å². The van der Waals surface area contributed by atoms with E-state index in [2.05, 4.69) is 10.6 Å². The van der Waals surface area contributed by atoms with Gasteiger partial charge in [0.1, 0.15) is 0 Å². The highest BCUT2D eigenvalue weighted by atomic mass is 16.6. The van der Waals surface area contributed by atoms with E-state index in [4.69, 9.17) is 4.74 Å². The second-order valence-electron chi connectivity index (χ2n) is 11.3. The van der Waals surface area contributed by atoms with Crippen LogP contribution < -0.4 is 10.6 Å². The Hall–Kier alpha value is -2.90. The largest absolute Gasteiger partial charge is 0.427 e. The summed E-state index contributed by atoms with van der Waals surface area (Å²) in [6.45, 7) is -0.202. The normalized spacial score (nSPS) is 35.0. The molecule has 8 nitrogen and oxygen atoms in total. The van der Waals surface area contributed by atoms with E-state index in [0.717, 1.165) is 47.5 Å². The minimum absolute atomic E-state index is 0.0346. The van der Waals surface area contributed by atoms with E-state index in [-0.39, 0.29) is 23.8 Å². The first-order valence-electron chi connectivity index (χ1n) is 12.5. The van der Waals surface area contributed by atoms with Crippen molar-refractivity contribution in [1.82, 2.24) is 10.2 Å². The van der Waals surface area contributed by atoms with E-state index in [1.807, 2.05) is 0 Å². The summed E-state index contributed by atoms with van der Waals surface area (Å²) < 4.78 is 5.68. The molecule has 0 aromatic heterocycles. The summed E-state index contributed by atoms with van der Waals surface area (Å²) in [5, 5.41) is 5.22. The SMILES string of the molecule is CNC(=O)Nc1ccc2c(c1)CC[C@@]21OC(=O)N(CC(=O)CC23CC4CC(CC(C4)C2)C3)C1=O. The van der Waals surface area contributed by atoms with Gasteiger partial charge in [0.2, 0.25) is 5.60 Å². The molecule has 6 aliphatic rings. The number of carbonyl (C=O) groups excluding carboxylic acids is 4. The molecule has 7 rings (SSSR count). The number of benzene rings is 1. The van der Waals surface area contributed by atoms with Crippen molar-refractivity contribution in [3.63, 3.8) is 0 Å². The highest BCUT2D eigenvalue weighted by molar-refractivity contribution is 6.06. The third-order valence-electron chi connectivity index (χ3n) is 8.92. The molecule has 1 aliphatic heterocycles. The van der Waals surface area contributed by atoms with Crippen LogP contribution in [0.2, 0.25) is 0 Å². The van der Waals surface area contributed by atoms with Crippen LogP contribution in [0.15, 0.2) is 18.2 Å². The minimum Gasteiger partial charge on any atom is -0.427 e. The first-order chi connectivity index (χ1) is 16.3. The molecule has 0 unspecified atom stereocenters. The van der Waals surface area contributed by atoms with Crippen molar-refractivity contribution >= 4 is 29.5 Å². The summed E-state index contributed by atoms with van der Waals surface area (Å²) in [4.78, 5) is 52.0. The van der Waals surface area contributed by atoms with Gasteiger partial charge in [-0.05, 0) is 85.8 Å². The van der Waals surface area contributed by atoms with Crippen LogP contribution in [0, 0.1) is 23.2 Å². The lowest BCUT2D eigenvalue weighted by Gasteiger charge is -2.56. The summed E-state index contributed by atoms with van der Waals surface area (Å²) in [5.74, 6) is 1.77. The van der Waals surface area contributed by atoms with Gasteiger partial charge < -0.3 is 15.4 Å². The number of ether oxygens (including phenoxy) is 1. The molecular weight excluding hydrogens is 434 g/mol. The second kappa shape index (κ2) is 7.55. The fourth-order valence-electron chi connectivity index (χ4n) is 8.08. The Morgan fingerprint density at radius 3 is 2.41 bits per heavy atom. The number of amides is 4. The van der Waals surface area contributed by atoms with Gasteiger partial charge in [-0.15, -0.1) is 0 Å². The van der Waals surface area contributed by atoms with Gasteiger partial charge in [-0.25, -0.2) is 14.5 Å². The van der Waals surface area contributed by atoms with Crippen LogP contribution in [-0.2, 0) is 26.3 Å². The summed E-state index contributed by atoms with van der Waals surface area (Å²) >= 11 is 0. The second-order valence-corrected chi connectivity index (χ2v) is 11.3. The maximum Gasteiger partial charge on any atom is 0.418 e. The number of hydrogen-bond donors (Lipinski definition) is 2. The summed E-state index contributed by atoms with van der Waals surface area (Å²) in [7, 11) is 1.54. The molecule has 4 saturated carbocycles. The molecule has 5 aliphatic carbocycles. The Labute approximate surface area is 198 Å². The van der Waals surface area contributed by atoms with Gasteiger partial charge in [0.05, 0.1) is 6.54 Å². The van der Waals surface area contributed by atoms with E-state index in [1.54, 1.807) is 18.2 Å². The van der Waals surface area contributed by atoms with Gasteiger partial charge in [-0.2, -0.15) is 0 Å². The molecule has 0 radical (unpaired) electrons. The number of carbonyl (C=O) groups is 4. The number of nitrogens with one attached hydrogen (secondary N) is 2. The minimum atomic E-state index is -1.36. The highest BCUT2D eigenvalue weighted by Gasteiger charge is 2.59. The Morgan fingerprint density at radius 2 is 1.76 bits per heavy atom. The molecule has 4 bridgehead atoms. The molecule has 1 atom stereocenters. The maximum atomic E-state index is 13.5. The van der Waals surface area contributed by atoms with E-state index in [9.17, 15) is 19.2 Å². The average Bonchev–Trinajstić information content (AvgIpc) is 3.24. The van der Waals surface area contributed by atoms with Gasteiger partial charge in [0.15, 0.2) is 5.78 Å². The van der Waals surface area contributed by atoms with Crippen LogP contribution in [0.4, 0.5) is 15.3 Å². The van der Waals surface area contributed by atoms with E-state index in [0.29, 0.717) is 30.5 Å². The maximum absolute atomic E-state index is 13.5. The monoisotopic (exact) mass is 465 g/mol. The first kappa shape index (κ1) is 21.6. The molecule has 180 valence electrons. The van der Waals surface area contributed by atoms with Crippen LogP contribution in [0.25, 0.3) is 0 Å². The van der Waals surface area contributed by atoms with Gasteiger partial charge in [0, 0.05) is 31.1 Å². The van der Waals surface area contributed by atoms with Gasteiger partial charge in [-0.1, -0.05) is 6.07 Å². The first-order valence-corrected chi connectivity index (χ1v) is 12.5. The van der Waals surface area contributed by atoms with Crippen molar-refractivity contribution in [1.29, 1.82) is 0 Å². The Bertz CT molecular complexity index is 1060. The van der Waals surface area contributed by atoms with Crippen LogP contribution in [0.3, 0.4) is 0 Å². The zero-order chi connectivity index (χ0) is 23.7. The van der Waals surface area contributed by atoms with Gasteiger partial charge in [0.25, 0.3) is 5.91 Å². The fraction of sp³-hybridized carbons (Fsp3) is 0.615. The van der Waals surface area contributed by atoms with Crippen molar-refractivity contribution in [2.45, 2.75) is 63.4 Å². The molecule has 2 N–H and O–H groups in total. The van der Waals surface area contributed by atoms with Gasteiger partial charge >= 0.3 is 12.1 Å². The lowest BCUT2D eigenvalue weighted by molar-refractivity contribution is -0.140. The van der Waals surface area contributed by atoms with Crippen LogP contribution >= 0.6 is 0 Å². The molecule has 8 heteroatoms. The third kappa shape index (κ3) is 3.33. The molecular formula is C26H31N3O5. The number of urea groups is 1. The number of Topliss-reactive ketones (excluding diaryl/α,β-unsaturated/α-hetero) is 1. The number of rotatable bonds is 5. The number of hydrogen-bond acceptors (Lipinski definition) is 5. The summed E-state index contributed by atoms with van der Waals surface area (Å²) in [6.07, 6.45) is 7.91. The lowest BCUT2D eigenvalue weighted by Crippen LogP contribution is -2.48. The summed E-state index contributed by atoms with van der Waals surface area (Å²) in [6, 6.07) is 4.91. The molecule has 4 amide bonds. The third-order valence-corrected chi connectivity index (χ3v) is 8.92. The Kier molecular flexibility index (Phi) is 4.80. The van der Waals surface area contributed by atoms with Crippen LogP contribution in [-0.4, -0.2) is 42.3 Å². The van der Waals surface area contributed by atoms with Crippen LogP contribution in [0.5, 0.6) is 0 Å². The Morgan fingerprint density at radius 1 is 1.09 bits per heavy atom. The van der Waals surface area contributed by atoms with Crippen molar-refractivity contribution in [3.05, 3.63) is 29.3 Å². The quantitative estimate of drug-likeness (QED) is 0.689. The molecule has 34 heavy (non-hydrogen) atoms. The number of ketones is 1. The molecule has 1 aromatic carbocycles. The number of imide groups is 1. The highest BCUT2D eigenvalue weighted by Crippen LogP contribution is 2.61. The molecule has 1 aromatic rings. The summed E-state index contributed by atoms with van der Waals surface area (Å²) in [5.41, 5.74) is 0.819. The number of nitrogens with zero attached hydrogens (tertiary/aromatic N) is 1. The molecule has 5 fully saturated rings. The van der Waals surface area contributed by atoms with Gasteiger partial charge in [-0.3, -0.25) is 9.59 Å². The standard InChI is InChI=1S/C26H31N3O5/c1-27-23(32)28-19-2-3-21-18(9-19)4-5-26(21)22(31)29(24(33)34-26)14-20(30)13-25-10-15-6-16(11-25)8-17(7-15)12-25/h2-3,9,15-17H,4-8,10-14H2,1H3,(H2,27,28,32)/t15?,16?,17?,25?,26-/m1/s1. The van der Waals surface area contributed by atoms with E-state index in [1.165, 1.54) is 26.3 Å².